The molecule has 1 aromatic heterocycles. The van der Waals surface area contributed by atoms with Crippen LogP contribution in [0.1, 0.15) is 30.1 Å². The molecule has 0 saturated carbocycles. The van der Waals surface area contributed by atoms with E-state index in [2.05, 4.69) is 25.3 Å². The van der Waals surface area contributed by atoms with Crippen molar-refractivity contribution >= 4 is 31.2 Å². The van der Waals surface area contributed by atoms with Gasteiger partial charge in [-0.25, -0.2) is 4.79 Å². The van der Waals surface area contributed by atoms with Crippen molar-refractivity contribution in [3.63, 3.8) is 0 Å². The number of carboxylic acids is 1. The number of rotatable bonds is 3. The maximum Gasteiger partial charge on any atom is 0.328 e. The van der Waals surface area contributed by atoms with E-state index in [4.69, 9.17) is 0 Å². The molecule has 1 atom stereocenters. The van der Waals surface area contributed by atoms with Gasteiger partial charge in [-0.05, 0) is 37.3 Å². The lowest BCUT2D eigenvalue weighted by molar-refractivity contribution is -0.140. The second-order valence-electron chi connectivity index (χ2n) is 4.10. The molecule has 88 valence electrons. The zero-order chi connectivity index (χ0) is 11.7. The number of hydrogen-bond donors (Lipinski definition) is 3. The van der Waals surface area contributed by atoms with Gasteiger partial charge in [-0.3, -0.25) is 0 Å². The molecular formula is C11H15NO2S2. The molecule has 0 spiro atoms. The van der Waals surface area contributed by atoms with Gasteiger partial charge in [0.15, 0.2) is 6.04 Å². The number of fused-ring (bicyclic) bond motifs is 1. The first-order valence-electron chi connectivity index (χ1n) is 5.39. The van der Waals surface area contributed by atoms with Crippen LogP contribution in [-0.4, -0.2) is 20.2 Å². The summed E-state index contributed by atoms with van der Waals surface area (Å²) >= 11 is 8.30. The summed E-state index contributed by atoms with van der Waals surface area (Å²) < 4.78 is 1.33. The molecule has 5 heteroatoms. The minimum absolute atomic E-state index is 0.490. The van der Waals surface area contributed by atoms with E-state index in [0.29, 0.717) is 0 Å². The van der Waals surface area contributed by atoms with Crippen LogP contribution in [0.2, 0.25) is 0 Å². The van der Waals surface area contributed by atoms with Crippen LogP contribution in [-0.2, 0) is 17.6 Å². The van der Waals surface area contributed by atoms with Gasteiger partial charge in [0.1, 0.15) is 0 Å². The fourth-order valence-electron chi connectivity index (χ4n) is 2.30. The monoisotopic (exact) mass is 257 g/mol. The van der Waals surface area contributed by atoms with Gasteiger partial charge >= 0.3 is 5.97 Å². The van der Waals surface area contributed by atoms with Crippen molar-refractivity contribution in [2.75, 3.05) is 0 Å². The Balaban J connectivity index is 2.38. The molecule has 2 rings (SSSR count). The summed E-state index contributed by atoms with van der Waals surface area (Å²) in [6.07, 6.45) is 6.19. The fourth-order valence-corrected chi connectivity index (χ4v) is 2.84. The zero-order valence-corrected chi connectivity index (χ0v) is 10.6. The highest BCUT2D eigenvalue weighted by molar-refractivity contribution is 7.99. The molecule has 1 aliphatic rings. The molecule has 0 aliphatic heterocycles. The summed E-state index contributed by atoms with van der Waals surface area (Å²) in [7, 11) is 0. The van der Waals surface area contributed by atoms with Gasteiger partial charge in [0.2, 0.25) is 0 Å². The van der Waals surface area contributed by atoms with Crippen LogP contribution >= 0.6 is 25.3 Å². The Labute approximate surface area is 106 Å². The molecule has 1 aliphatic carbocycles. The third-order valence-electron chi connectivity index (χ3n) is 3.06. The number of carboxylic acid groups (broad SMARTS) is 1. The van der Waals surface area contributed by atoms with Gasteiger partial charge < -0.3 is 9.67 Å². The van der Waals surface area contributed by atoms with Crippen LogP contribution < -0.4 is 0 Å². The summed E-state index contributed by atoms with van der Waals surface area (Å²) in [5, 5.41) is 9.20. The molecule has 1 N–H and O–H groups in total. The number of thiol groups is 2. The number of hydrogen-bond acceptors (Lipinski definition) is 3. The van der Waals surface area contributed by atoms with E-state index in [-0.39, 0.29) is 0 Å². The van der Waals surface area contributed by atoms with E-state index in [9.17, 15) is 9.90 Å². The normalized spacial score (nSPS) is 17.2. The highest BCUT2D eigenvalue weighted by Crippen LogP contribution is 2.29. The molecule has 0 saturated heterocycles. The highest BCUT2D eigenvalue weighted by atomic mass is 32.2. The Kier molecular flexibility index (Phi) is 3.54. The van der Waals surface area contributed by atoms with E-state index in [0.717, 1.165) is 25.0 Å². The van der Waals surface area contributed by atoms with E-state index in [1.54, 1.807) is 0 Å². The smallest absolute Gasteiger partial charge is 0.328 e. The maximum absolute atomic E-state index is 11.2. The summed E-state index contributed by atoms with van der Waals surface area (Å²) in [6.45, 7) is 0. The largest absolute Gasteiger partial charge is 0.480 e. The molecule has 1 aromatic rings. The van der Waals surface area contributed by atoms with Gasteiger partial charge in [0.05, 0.1) is 4.58 Å². The molecule has 1 heterocycles. The van der Waals surface area contributed by atoms with Crippen molar-refractivity contribution in [3.8, 4) is 0 Å². The summed E-state index contributed by atoms with van der Waals surface area (Å²) in [5.74, 6) is -0.876. The average Bonchev–Trinajstić information content (AvgIpc) is 2.61. The van der Waals surface area contributed by atoms with Crippen molar-refractivity contribution in [3.05, 3.63) is 23.5 Å². The summed E-state index contributed by atoms with van der Waals surface area (Å²) in [5.41, 5.74) is 2.42. The third-order valence-corrected chi connectivity index (χ3v) is 3.63. The maximum atomic E-state index is 11.2. The lowest BCUT2D eigenvalue weighted by atomic mass is 9.98. The predicted molar refractivity (Wildman–Crippen MR) is 69.5 cm³/mol. The number of aromatic nitrogens is 1. The first kappa shape index (κ1) is 11.9. The van der Waals surface area contributed by atoms with Crippen LogP contribution in [0, 0.1) is 0 Å². The first-order valence-corrected chi connectivity index (χ1v) is 6.42. The lowest BCUT2D eigenvalue weighted by Crippen LogP contribution is -2.26. The highest BCUT2D eigenvalue weighted by Gasteiger charge is 2.28. The topological polar surface area (TPSA) is 42.2 Å². The molecule has 3 nitrogen and oxygen atoms in total. The van der Waals surface area contributed by atoms with E-state index in [1.807, 2.05) is 16.8 Å². The van der Waals surface area contributed by atoms with E-state index >= 15 is 0 Å². The second kappa shape index (κ2) is 4.75. The molecule has 16 heavy (non-hydrogen) atoms. The van der Waals surface area contributed by atoms with Crippen LogP contribution in [0.3, 0.4) is 0 Å². The van der Waals surface area contributed by atoms with Crippen molar-refractivity contribution in [2.45, 2.75) is 36.3 Å². The summed E-state index contributed by atoms with van der Waals surface area (Å²) in [6, 6.07) is 1.34. The molecule has 0 aromatic carbocycles. The van der Waals surface area contributed by atoms with Crippen molar-refractivity contribution in [1.29, 1.82) is 0 Å². The molecule has 0 bridgehead atoms. The van der Waals surface area contributed by atoms with Crippen LogP contribution in [0.5, 0.6) is 0 Å². The third kappa shape index (κ3) is 2.11. The fraction of sp³-hybridized carbons (Fsp3) is 0.545. The quantitative estimate of drug-likeness (QED) is 0.574. The Hall–Kier alpha value is -0.550. The van der Waals surface area contributed by atoms with Crippen molar-refractivity contribution in [2.24, 2.45) is 0 Å². The number of nitrogens with zero attached hydrogens (tertiary/aromatic N) is 1. The lowest BCUT2D eigenvalue weighted by Gasteiger charge is -2.22. The average molecular weight is 257 g/mol. The Morgan fingerprint density at radius 2 is 2.06 bits per heavy atom. The van der Waals surface area contributed by atoms with Crippen LogP contribution in [0.4, 0.5) is 0 Å². The molecule has 1 unspecified atom stereocenters. The van der Waals surface area contributed by atoms with Crippen molar-refractivity contribution < 1.29 is 9.90 Å². The first-order chi connectivity index (χ1) is 7.61. The second-order valence-corrected chi connectivity index (χ2v) is 5.62. The molecule has 0 radical (unpaired) electrons. The molecule has 0 fully saturated rings. The predicted octanol–water partition coefficient (Wildman–Crippen LogP) is 2.18. The Bertz CT molecular complexity index is 401. The van der Waals surface area contributed by atoms with Gasteiger partial charge in [-0.1, -0.05) is 0 Å². The van der Waals surface area contributed by atoms with Gasteiger partial charge in [-0.2, -0.15) is 25.3 Å². The van der Waals surface area contributed by atoms with E-state index in [1.165, 1.54) is 12.0 Å². The standard InChI is InChI=1S/C11H15NO2S2/c13-10(14)9(11(15)16)12-6-5-7-3-1-2-4-8(7)12/h5-6,9,11,15-16H,1-4H2,(H,13,14). The molecular weight excluding hydrogens is 242 g/mol. The molecule has 0 amide bonds. The van der Waals surface area contributed by atoms with E-state index < -0.39 is 16.6 Å². The van der Waals surface area contributed by atoms with Gasteiger partial charge in [-0.15, -0.1) is 0 Å². The number of aryl methyl sites for hydroxylation is 1. The zero-order valence-electron chi connectivity index (χ0n) is 8.83. The van der Waals surface area contributed by atoms with Crippen molar-refractivity contribution in [1.82, 2.24) is 4.57 Å². The van der Waals surface area contributed by atoms with Gasteiger partial charge in [0.25, 0.3) is 0 Å². The SMILES string of the molecule is O=C(O)C(C(S)S)n1ccc2c1CCCC2. The van der Waals surface area contributed by atoms with Crippen LogP contribution in [0.15, 0.2) is 12.3 Å². The Morgan fingerprint density at radius 3 is 2.69 bits per heavy atom. The number of aliphatic carboxylic acids is 1. The minimum atomic E-state index is -0.876. The minimum Gasteiger partial charge on any atom is -0.480 e. The number of carbonyl (C=O) groups is 1. The van der Waals surface area contributed by atoms with Gasteiger partial charge in [0, 0.05) is 11.9 Å². The van der Waals surface area contributed by atoms with Crippen LogP contribution in [0.25, 0.3) is 0 Å². The summed E-state index contributed by atoms with van der Waals surface area (Å²) in [4.78, 5) is 11.2. The Morgan fingerprint density at radius 1 is 1.38 bits per heavy atom.